The molecule has 1 aromatic rings. The minimum atomic E-state index is -0.254. The van der Waals surface area contributed by atoms with Crippen LogP contribution < -0.4 is 15.8 Å². The largest absolute Gasteiger partial charge is 0.493 e. The topological polar surface area (TPSA) is 84.7 Å². The molecule has 110 valence electrons. The predicted molar refractivity (Wildman–Crippen MR) is 77.7 cm³/mol. The molecule has 1 rings (SSSR count). The summed E-state index contributed by atoms with van der Waals surface area (Å²) in [5.74, 6) is 0.0930. The first kappa shape index (κ1) is 15.8. The van der Waals surface area contributed by atoms with E-state index in [-0.39, 0.29) is 18.2 Å². The minimum Gasteiger partial charge on any atom is -0.493 e. The third-order valence-corrected chi connectivity index (χ3v) is 2.87. The number of hydrogen-bond donors (Lipinski definition) is 2. The summed E-state index contributed by atoms with van der Waals surface area (Å²) in [5.41, 5.74) is 6.58. The second-order valence-corrected chi connectivity index (χ2v) is 4.30. The van der Waals surface area contributed by atoms with E-state index < -0.39 is 0 Å². The summed E-state index contributed by atoms with van der Waals surface area (Å²) in [7, 11) is 3.19. The number of ether oxygens (including phenoxy) is 1. The molecule has 6 nitrogen and oxygen atoms in total. The number of hydrogen-bond acceptors (Lipinski definition) is 4. The van der Waals surface area contributed by atoms with Crippen molar-refractivity contribution < 1.29 is 14.3 Å². The van der Waals surface area contributed by atoms with E-state index in [0.717, 1.165) is 0 Å². The number of nitrogens with zero attached hydrogens (tertiary/aromatic N) is 1. The van der Waals surface area contributed by atoms with Crippen molar-refractivity contribution in [3.05, 3.63) is 23.8 Å². The van der Waals surface area contributed by atoms with Crippen molar-refractivity contribution in [2.45, 2.75) is 13.3 Å². The number of anilines is 1. The Labute approximate surface area is 118 Å². The quantitative estimate of drug-likeness (QED) is 0.757. The highest BCUT2D eigenvalue weighted by atomic mass is 16.5. The van der Waals surface area contributed by atoms with Gasteiger partial charge in [-0.25, -0.2) is 0 Å². The molecular formula is C14H21N3O3. The van der Waals surface area contributed by atoms with E-state index in [1.807, 2.05) is 6.92 Å². The van der Waals surface area contributed by atoms with E-state index in [1.165, 1.54) is 4.90 Å². The van der Waals surface area contributed by atoms with Crippen LogP contribution in [0.4, 0.5) is 5.69 Å². The van der Waals surface area contributed by atoms with Gasteiger partial charge in [-0.3, -0.25) is 9.59 Å². The van der Waals surface area contributed by atoms with Crippen LogP contribution in [0.1, 0.15) is 23.7 Å². The van der Waals surface area contributed by atoms with Crippen molar-refractivity contribution in [1.82, 2.24) is 10.2 Å². The third kappa shape index (κ3) is 3.88. The monoisotopic (exact) mass is 279 g/mol. The lowest BCUT2D eigenvalue weighted by Crippen LogP contribution is -2.32. The first-order chi connectivity index (χ1) is 9.51. The summed E-state index contributed by atoms with van der Waals surface area (Å²) in [6.07, 6.45) is 0.245. The molecule has 0 aliphatic rings. The Morgan fingerprint density at radius 1 is 1.40 bits per heavy atom. The van der Waals surface area contributed by atoms with E-state index in [4.69, 9.17) is 10.5 Å². The maximum atomic E-state index is 12.4. The molecule has 0 saturated carbocycles. The van der Waals surface area contributed by atoms with Gasteiger partial charge in [-0.15, -0.1) is 0 Å². The molecule has 1 aromatic carbocycles. The zero-order valence-electron chi connectivity index (χ0n) is 12.1. The number of rotatable bonds is 6. The zero-order chi connectivity index (χ0) is 15.1. The van der Waals surface area contributed by atoms with Crippen LogP contribution in [0.5, 0.6) is 5.75 Å². The van der Waals surface area contributed by atoms with Crippen molar-refractivity contribution >= 4 is 17.5 Å². The molecule has 0 atom stereocenters. The lowest BCUT2D eigenvalue weighted by atomic mass is 10.1. The van der Waals surface area contributed by atoms with Crippen LogP contribution in [0.3, 0.4) is 0 Å². The van der Waals surface area contributed by atoms with Crippen molar-refractivity contribution in [3.8, 4) is 5.75 Å². The van der Waals surface area contributed by atoms with Gasteiger partial charge in [-0.2, -0.15) is 0 Å². The van der Waals surface area contributed by atoms with Gasteiger partial charge in [0.15, 0.2) is 0 Å². The second-order valence-electron chi connectivity index (χ2n) is 4.30. The van der Waals surface area contributed by atoms with Crippen LogP contribution in [0, 0.1) is 0 Å². The number of benzene rings is 1. The molecule has 0 bridgehead atoms. The van der Waals surface area contributed by atoms with Crippen LogP contribution in [-0.4, -0.2) is 44.0 Å². The molecule has 0 spiro atoms. The predicted octanol–water partition coefficient (Wildman–Crippen LogP) is 0.876. The lowest BCUT2D eigenvalue weighted by molar-refractivity contribution is -0.120. The molecule has 0 aromatic heterocycles. The number of nitrogens with one attached hydrogen (secondary N) is 1. The van der Waals surface area contributed by atoms with Gasteiger partial charge in [0, 0.05) is 32.7 Å². The van der Waals surface area contributed by atoms with Crippen molar-refractivity contribution in [2.75, 3.05) is 33.0 Å². The van der Waals surface area contributed by atoms with Crippen molar-refractivity contribution in [2.24, 2.45) is 0 Å². The standard InChI is InChI=1S/C14H21N3O3/c1-4-20-11-7-5-6-10(15)13(11)14(19)17(3)9-8-12(18)16-2/h5-7H,4,8-9,15H2,1-3H3,(H,16,18). The Hall–Kier alpha value is -2.24. The fourth-order valence-corrected chi connectivity index (χ4v) is 1.74. The molecule has 6 heteroatoms. The van der Waals surface area contributed by atoms with Crippen LogP contribution in [0.15, 0.2) is 18.2 Å². The Morgan fingerprint density at radius 2 is 2.10 bits per heavy atom. The van der Waals surface area contributed by atoms with E-state index >= 15 is 0 Å². The summed E-state index contributed by atoms with van der Waals surface area (Å²) in [6.45, 7) is 2.61. The Bertz CT molecular complexity index is 489. The maximum absolute atomic E-state index is 12.4. The molecular weight excluding hydrogens is 258 g/mol. The molecule has 0 heterocycles. The number of carbonyl (C=O) groups is 2. The van der Waals surface area contributed by atoms with E-state index in [0.29, 0.717) is 30.2 Å². The second kappa shape index (κ2) is 7.37. The van der Waals surface area contributed by atoms with Gasteiger partial charge < -0.3 is 20.7 Å². The number of nitrogens with two attached hydrogens (primary N) is 1. The normalized spacial score (nSPS) is 9.95. The molecule has 0 aliphatic heterocycles. The minimum absolute atomic E-state index is 0.115. The number of nitrogen functional groups attached to an aromatic ring is 1. The molecule has 2 amide bonds. The SMILES string of the molecule is CCOc1cccc(N)c1C(=O)N(C)CCC(=O)NC. The van der Waals surface area contributed by atoms with Gasteiger partial charge in [0.1, 0.15) is 11.3 Å². The van der Waals surface area contributed by atoms with Crippen LogP contribution in [0.2, 0.25) is 0 Å². The fraction of sp³-hybridized carbons (Fsp3) is 0.429. The van der Waals surface area contributed by atoms with Crippen molar-refractivity contribution in [1.29, 1.82) is 0 Å². The van der Waals surface area contributed by atoms with Gasteiger partial charge in [-0.05, 0) is 19.1 Å². The van der Waals surface area contributed by atoms with Gasteiger partial charge >= 0.3 is 0 Å². The summed E-state index contributed by atoms with van der Waals surface area (Å²) in [4.78, 5) is 25.1. The Morgan fingerprint density at radius 3 is 2.70 bits per heavy atom. The molecule has 0 fully saturated rings. The molecule has 0 saturated heterocycles. The van der Waals surface area contributed by atoms with E-state index in [2.05, 4.69) is 5.32 Å². The zero-order valence-corrected chi connectivity index (χ0v) is 12.1. The summed E-state index contributed by atoms with van der Waals surface area (Å²) >= 11 is 0. The number of amides is 2. The van der Waals surface area contributed by atoms with Gasteiger partial charge in [0.25, 0.3) is 5.91 Å². The molecule has 0 unspecified atom stereocenters. The summed E-state index contributed by atoms with van der Waals surface area (Å²) in [6, 6.07) is 5.10. The van der Waals surface area contributed by atoms with Crippen LogP contribution in [0.25, 0.3) is 0 Å². The third-order valence-electron chi connectivity index (χ3n) is 2.87. The molecule has 3 N–H and O–H groups in total. The summed E-state index contributed by atoms with van der Waals surface area (Å²) < 4.78 is 5.43. The first-order valence-corrected chi connectivity index (χ1v) is 6.48. The number of carbonyl (C=O) groups excluding carboxylic acids is 2. The first-order valence-electron chi connectivity index (χ1n) is 6.48. The van der Waals surface area contributed by atoms with E-state index in [9.17, 15) is 9.59 Å². The average Bonchev–Trinajstić information content (AvgIpc) is 2.44. The van der Waals surface area contributed by atoms with Gasteiger partial charge in [0.05, 0.1) is 6.61 Å². The van der Waals surface area contributed by atoms with Crippen LogP contribution >= 0.6 is 0 Å². The molecule has 0 radical (unpaired) electrons. The highest BCUT2D eigenvalue weighted by molar-refractivity contribution is 6.01. The molecule has 0 aliphatic carbocycles. The fourth-order valence-electron chi connectivity index (χ4n) is 1.74. The average molecular weight is 279 g/mol. The van der Waals surface area contributed by atoms with Crippen LogP contribution in [-0.2, 0) is 4.79 Å². The van der Waals surface area contributed by atoms with Crippen molar-refractivity contribution in [3.63, 3.8) is 0 Å². The molecule has 20 heavy (non-hydrogen) atoms. The smallest absolute Gasteiger partial charge is 0.259 e. The lowest BCUT2D eigenvalue weighted by Gasteiger charge is -2.19. The Kier molecular flexibility index (Phi) is 5.83. The summed E-state index contributed by atoms with van der Waals surface area (Å²) in [5, 5.41) is 2.52. The van der Waals surface area contributed by atoms with E-state index in [1.54, 1.807) is 32.3 Å². The highest BCUT2D eigenvalue weighted by Crippen LogP contribution is 2.25. The Balaban J connectivity index is 2.88. The van der Waals surface area contributed by atoms with Gasteiger partial charge in [-0.1, -0.05) is 6.07 Å². The maximum Gasteiger partial charge on any atom is 0.259 e. The highest BCUT2D eigenvalue weighted by Gasteiger charge is 2.20. The van der Waals surface area contributed by atoms with Gasteiger partial charge in [0.2, 0.25) is 5.91 Å².